The average Bonchev–Trinajstić information content (AvgIpc) is 2.37. The topological polar surface area (TPSA) is 40.5 Å². The minimum absolute atomic E-state index is 0.0156. The normalized spacial score (nSPS) is 10.4. The molecule has 0 heterocycles. The van der Waals surface area contributed by atoms with E-state index in [1.807, 2.05) is 11.8 Å². The van der Waals surface area contributed by atoms with Gasteiger partial charge < -0.3 is 10.0 Å². The maximum Gasteiger partial charge on any atom is 0.254 e. The van der Waals surface area contributed by atoms with Crippen LogP contribution in [0.5, 0.6) is 5.75 Å². The zero-order chi connectivity index (χ0) is 13.5. The summed E-state index contributed by atoms with van der Waals surface area (Å²) in [6.45, 7) is 5.37. The second-order valence-electron chi connectivity index (χ2n) is 4.34. The van der Waals surface area contributed by atoms with E-state index in [4.69, 9.17) is 0 Å². The first-order valence-corrected chi connectivity index (χ1v) is 7.37. The Labute approximate surface area is 117 Å². The average molecular weight is 314 g/mol. The van der Waals surface area contributed by atoms with E-state index in [0.717, 1.165) is 30.3 Å². The lowest BCUT2D eigenvalue weighted by Gasteiger charge is -2.21. The summed E-state index contributed by atoms with van der Waals surface area (Å²) >= 11 is 3.37. The molecule has 18 heavy (non-hydrogen) atoms. The molecule has 0 spiro atoms. The summed E-state index contributed by atoms with van der Waals surface area (Å²) in [6, 6.07) is 5.09. The summed E-state index contributed by atoms with van der Waals surface area (Å²) in [5.74, 6) is 0.160. The van der Waals surface area contributed by atoms with Gasteiger partial charge in [-0.1, -0.05) is 35.3 Å². The molecular formula is C14H20BrNO2. The molecule has 0 saturated carbocycles. The first-order chi connectivity index (χ1) is 8.60. The predicted molar refractivity (Wildman–Crippen MR) is 77.4 cm³/mol. The number of phenols is 1. The van der Waals surface area contributed by atoms with Crippen LogP contribution in [-0.2, 0) is 0 Å². The largest absolute Gasteiger partial charge is 0.508 e. The van der Waals surface area contributed by atoms with Gasteiger partial charge >= 0.3 is 0 Å². The number of carbonyl (C=O) groups is 1. The van der Waals surface area contributed by atoms with Gasteiger partial charge in [0.15, 0.2) is 0 Å². The maximum atomic E-state index is 12.3. The Hall–Kier alpha value is -1.03. The number of nitrogens with zero attached hydrogens (tertiary/aromatic N) is 1. The van der Waals surface area contributed by atoms with Gasteiger partial charge in [0, 0.05) is 24.0 Å². The van der Waals surface area contributed by atoms with Crippen LogP contribution < -0.4 is 0 Å². The minimum Gasteiger partial charge on any atom is -0.508 e. The van der Waals surface area contributed by atoms with Crippen molar-refractivity contribution in [3.63, 3.8) is 0 Å². The molecule has 0 bridgehead atoms. The molecule has 4 heteroatoms. The Kier molecular flexibility index (Phi) is 6.19. The maximum absolute atomic E-state index is 12.3. The van der Waals surface area contributed by atoms with Gasteiger partial charge in [0.2, 0.25) is 0 Å². The van der Waals surface area contributed by atoms with Gasteiger partial charge in [-0.3, -0.25) is 4.79 Å². The molecule has 0 aliphatic rings. The number of phenolic OH excluding ortho intramolecular Hbond substituents is 1. The summed E-state index contributed by atoms with van der Waals surface area (Å²) in [7, 11) is 0. The van der Waals surface area contributed by atoms with Crippen LogP contribution in [0.1, 0.15) is 35.7 Å². The third-order valence-corrected chi connectivity index (χ3v) is 3.23. The van der Waals surface area contributed by atoms with Crippen molar-refractivity contribution in [1.29, 1.82) is 0 Å². The van der Waals surface area contributed by atoms with Crippen molar-refractivity contribution in [2.45, 2.75) is 26.7 Å². The second-order valence-corrected chi connectivity index (χ2v) is 5.13. The fourth-order valence-corrected chi connectivity index (χ4v) is 2.12. The lowest BCUT2D eigenvalue weighted by atomic mass is 10.1. The summed E-state index contributed by atoms with van der Waals surface area (Å²) in [5.41, 5.74) is 1.34. The van der Waals surface area contributed by atoms with Crippen molar-refractivity contribution in [3.8, 4) is 5.75 Å². The fraction of sp³-hybridized carbons (Fsp3) is 0.500. The van der Waals surface area contributed by atoms with Gasteiger partial charge in [0.05, 0.1) is 0 Å². The van der Waals surface area contributed by atoms with Crippen molar-refractivity contribution in [1.82, 2.24) is 4.90 Å². The molecule has 0 saturated heterocycles. The SMILES string of the molecule is CCCCN(CCBr)C(=O)c1ccc(C)c(O)c1. The third kappa shape index (κ3) is 4.02. The van der Waals surface area contributed by atoms with E-state index in [1.165, 1.54) is 0 Å². The lowest BCUT2D eigenvalue weighted by Crippen LogP contribution is -2.33. The molecule has 0 fully saturated rings. The van der Waals surface area contributed by atoms with Gasteiger partial charge in [-0.2, -0.15) is 0 Å². The van der Waals surface area contributed by atoms with Crippen molar-refractivity contribution in [2.75, 3.05) is 18.4 Å². The highest BCUT2D eigenvalue weighted by Crippen LogP contribution is 2.18. The molecule has 0 radical (unpaired) electrons. The van der Waals surface area contributed by atoms with E-state index < -0.39 is 0 Å². The van der Waals surface area contributed by atoms with Crippen molar-refractivity contribution < 1.29 is 9.90 Å². The van der Waals surface area contributed by atoms with E-state index in [9.17, 15) is 9.90 Å². The van der Waals surface area contributed by atoms with Gasteiger partial charge in [-0.15, -0.1) is 0 Å². The highest BCUT2D eigenvalue weighted by molar-refractivity contribution is 9.09. The Morgan fingerprint density at radius 3 is 2.67 bits per heavy atom. The van der Waals surface area contributed by atoms with E-state index >= 15 is 0 Å². The van der Waals surface area contributed by atoms with Crippen LogP contribution in [0.2, 0.25) is 0 Å². The molecule has 0 unspecified atom stereocenters. The summed E-state index contributed by atoms with van der Waals surface area (Å²) in [6.07, 6.45) is 2.06. The molecule has 1 amide bonds. The molecular weight excluding hydrogens is 294 g/mol. The van der Waals surface area contributed by atoms with E-state index in [1.54, 1.807) is 18.2 Å². The highest BCUT2D eigenvalue weighted by Gasteiger charge is 2.15. The second kappa shape index (κ2) is 7.41. The van der Waals surface area contributed by atoms with Crippen molar-refractivity contribution in [3.05, 3.63) is 29.3 Å². The Morgan fingerprint density at radius 1 is 1.39 bits per heavy atom. The van der Waals surface area contributed by atoms with E-state index in [2.05, 4.69) is 22.9 Å². The number of halogens is 1. The number of unbranched alkanes of at least 4 members (excludes halogenated alkanes) is 1. The van der Waals surface area contributed by atoms with Crippen LogP contribution >= 0.6 is 15.9 Å². The zero-order valence-corrected chi connectivity index (χ0v) is 12.5. The number of amides is 1. The molecule has 1 aromatic carbocycles. The zero-order valence-electron chi connectivity index (χ0n) is 10.9. The van der Waals surface area contributed by atoms with Crippen molar-refractivity contribution >= 4 is 21.8 Å². The smallest absolute Gasteiger partial charge is 0.254 e. The number of benzene rings is 1. The van der Waals surface area contributed by atoms with E-state index in [0.29, 0.717) is 12.1 Å². The quantitative estimate of drug-likeness (QED) is 0.818. The monoisotopic (exact) mass is 313 g/mol. The molecule has 0 atom stereocenters. The molecule has 0 aliphatic carbocycles. The van der Waals surface area contributed by atoms with Crippen LogP contribution in [0.25, 0.3) is 0 Å². The molecule has 1 aromatic rings. The van der Waals surface area contributed by atoms with Crippen LogP contribution in [0.4, 0.5) is 0 Å². The van der Waals surface area contributed by atoms with Gasteiger partial charge in [-0.05, 0) is 31.0 Å². The highest BCUT2D eigenvalue weighted by atomic mass is 79.9. The van der Waals surface area contributed by atoms with Gasteiger partial charge in [0.25, 0.3) is 5.91 Å². The first-order valence-electron chi connectivity index (χ1n) is 6.25. The van der Waals surface area contributed by atoms with Crippen molar-refractivity contribution in [2.24, 2.45) is 0 Å². The third-order valence-electron chi connectivity index (χ3n) is 2.88. The number of carbonyl (C=O) groups excluding carboxylic acids is 1. The summed E-state index contributed by atoms with van der Waals surface area (Å²) < 4.78 is 0. The Bertz CT molecular complexity index is 407. The number of rotatable bonds is 6. The predicted octanol–water partition coefficient (Wildman–Crippen LogP) is 3.34. The number of hydrogen-bond acceptors (Lipinski definition) is 2. The van der Waals surface area contributed by atoms with Gasteiger partial charge in [-0.25, -0.2) is 0 Å². The van der Waals surface area contributed by atoms with Crippen LogP contribution in [0, 0.1) is 6.92 Å². The standard InChI is InChI=1S/C14H20BrNO2/c1-3-4-8-16(9-7-15)14(18)12-6-5-11(2)13(17)10-12/h5-6,10,17H,3-4,7-9H2,1-2H3. The molecule has 100 valence electrons. The summed E-state index contributed by atoms with van der Waals surface area (Å²) in [4.78, 5) is 14.1. The van der Waals surface area contributed by atoms with Crippen LogP contribution in [0.3, 0.4) is 0 Å². The van der Waals surface area contributed by atoms with Crippen LogP contribution in [0.15, 0.2) is 18.2 Å². The number of aryl methyl sites for hydroxylation is 1. The molecule has 0 aromatic heterocycles. The fourth-order valence-electron chi connectivity index (χ4n) is 1.69. The first kappa shape index (κ1) is 15.0. The molecule has 1 N–H and O–H groups in total. The molecule has 3 nitrogen and oxygen atoms in total. The number of hydrogen-bond donors (Lipinski definition) is 1. The number of alkyl halides is 1. The number of aromatic hydroxyl groups is 1. The minimum atomic E-state index is -0.0156. The Morgan fingerprint density at radius 2 is 2.11 bits per heavy atom. The Balaban J connectivity index is 2.83. The van der Waals surface area contributed by atoms with Crippen LogP contribution in [-0.4, -0.2) is 34.3 Å². The van der Waals surface area contributed by atoms with Gasteiger partial charge in [0.1, 0.15) is 5.75 Å². The van der Waals surface area contributed by atoms with E-state index in [-0.39, 0.29) is 11.7 Å². The summed E-state index contributed by atoms with van der Waals surface area (Å²) in [5, 5.41) is 10.4. The molecule has 0 aliphatic heterocycles. The molecule has 1 rings (SSSR count). The lowest BCUT2D eigenvalue weighted by molar-refractivity contribution is 0.0764.